The van der Waals surface area contributed by atoms with Gasteiger partial charge in [0.2, 0.25) is 0 Å². The maximum Gasteiger partial charge on any atom is 0.320 e. The van der Waals surface area contributed by atoms with Gasteiger partial charge in [-0.05, 0) is 6.42 Å². The van der Waals surface area contributed by atoms with Gasteiger partial charge in [0.1, 0.15) is 12.1 Å². The van der Waals surface area contributed by atoms with Crippen molar-refractivity contribution < 1.29 is 29.7 Å². The number of hydrogen-bond acceptors (Lipinski definition) is 6. The molecule has 8 N–H and O–H groups in total. The third-order valence-electron chi connectivity index (χ3n) is 2.29. The second-order valence-corrected chi connectivity index (χ2v) is 4.09. The summed E-state index contributed by atoms with van der Waals surface area (Å²) in [7, 11) is 0. The van der Waals surface area contributed by atoms with Crippen LogP contribution in [0.3, 0.4) is 0 Å². The van der Waals surface area contributed by atoms with Crippen LogP contribution in [0, 0.1) is 0 Å². The van der Waals surface area contributed by atoms with Crippen LogP contribution in [0.15, 0.2) is 12.5 Å². The van der Waals surface area contributed by atoms with Crippen molar-refractivity contribution in [3.8, 4) is 0 Å². The molecule has 2 atom stereocenters. The number of nitrogens with zero attached hydrogens (tertiary/aromatic N) is 1. The molecule has 118 valence electrons. The van der Waals surface area contributed by atoms with Gasteiger partial charge in [-0.15, -0.1) is 0 Å². The number of rotatable bonds is 7. The third-order valence-corrected chi connectivity index (χ3v) is 2.29. The predicted octanol–water partition coefficient (Wildman–Crippen LogP) is -1.37. The minimum absolute atomic E-state index is 0.0231. The highest BCUT2D eigenvalue weighted by Crippen LogP contribution is 1.95. The molecular formula is C11H18N4O6. The monoisotopic (exact) mass is 302 g/mol. The summed E-state index contributed by atoms with van der Waals surface area (Å²) in [5.74, 6) is -3.20. The molecule has 10 nitrogen and oxygen atoms in total. The molecule has 10 heteroatoms. The maximum absolute atomic E-state index is 10.3. The second kappa shape index (κ2) is 9.44. The fourth-order valence-electron chi connectivity index (χ4n) is 1.12. The number of aromatic nitrogens is 2. The zero-order chi connectivity index (χ0) is 16.4. The van der Waals surface area contributed by atoms with Crippen LogP contribution >= 0.6 is 0 Å². The fraction of sp³-hybridized carbons (Fsp3) is 0.455. The van der Waals surface area contributed by atoms with Gasteiger partial charge in [0, 0.05) is 19.0 Å². The lowest BCUT2D eigenvalue weighted by Gasteiger charge is -2.01. The Kier molecular flexibility index (Phi) is 8.34. The van der Waals surface area contributed by atoms with Gasteiger partial charge >= 0.3 is 17.9 Å². The van der Waals surface area contributed by atoms with Crippen LogP contribution in [0.2, 0.25) is 0 Å². The van der Waals surface area contributed by atoms with Gasteiger partial charge in [-0.25, -0.2) is 4.98 Å². The Morgan fingerprint density at radius 3 is 2.10 bits per heavy atom. The average molecular weight is 302 g/mol. The Morgan fingerprint density at radius 2 is 1.71 bits per heavy atom. The average Bonchev–Trinajstić information content (AvgIpc) is 2.89. The predicted molar refractivity (Wildman–Crippen MR) is 70.4 cm³/mol. The molecule has 0 amide bonds. The van der Waals surface area contributed by atoms with Crippen LogP contribution in [0.4, 0.5) is 0 Å². The van der Waals surface area contributed by atoms with Gasteiger partial charge in [-0.1, -0.05) is 0 Å². The lowest BCUT2D eigenvalue weighted by molar-refractivity contribution is -0.140. The van der Waals surface area contributed by atoms with Crippen molar-refractivity contribution in [2.75, 3.05) is 0 Å². The SMILES string of the molecule is NC(CCC(=O)O)C(=O)O.N[C@@H](Cc1c[nH]cn1)C(=O)O. The topological polar surface area (TPSA) is 193 Å². The van der Waals surface area contributed by atoms with E-state index in [0.717, 1.165) is 0 Å². The molecule has 1 heterocycles. The van der Waals surface area contributed by atoms with E-state index in [1.54, 1.807) is 6.20 Å². The first kappa shape index (κ1) is 18.5. The van der Waals surface area contributed by atoms with Crippen LogP contribution in [0.1, 0.15) is 18.5 Å². The molecule has 0 saturated heterocycles. The molecule has 1 aromatic rings. The van der Waals surface area contributed by atoms with Crippen molar-refractivity contribution in [2.24, 2.45) is 11.5 Å². The van der Waals surface area contributed by atoms with E-state index < -0.39 is 30.0 Å². The number of hydrogen-bond donors (Lipinski definition) is 6. The minimum atomic E-state index is -1.17. The third kappa shape index (κ3) is 9.13. The number of nitrogens with two attached hydrogens (primary N) is 2. The molecule has 0 aliphatic rings. The first-order valence-electron chi connectivity index (χ1n) is 5.90. The zero-order valence-electron chi connectivity index (χ0n) is 11.1. The quantitative estimate of drug-likeness (QED) is 0.352. The number of nitrogens with one attached hydrogen (secondary N) is 1. The van der Waals surface area contributed by atoms with Gasteiger partial charge in [0.05, 0.1) is 12.0 Å². The van der Waals surface area contributed by atoms with Crippen molar-refractivity contribution >= 4 is 17.9 Å². The number of aromatic amines is 1. The summed E-state index contributed by atoms with van der Waals surface area (Å²) in [5.41, 5.74) is 10.9. The van der Waals surface area contributed by atoms with Crippen molar-refractivity contribution in [1.29, 1.82) is 0 Å². The molecule has 0 radical (unpaired) electrons. The first-order valence-corrected chi connectivity index (χ1v) is 5.90. The number of imidazole rings is 1. The molecule has 21 heavy (non-hydrogen) atoms. The molecule has 0 aliphatic carbocycles. The Hall–Kier alpha value is -2.46. The summed E-state index contributed by atoms with van der Waals surface area (Å²) in [4.78, 5) is 36.7. The summed E-state index contributed by atoms with van der Waals surface area (Å²) < 4.78 is 0. The maximum atomic E-state index is 10.3. The molecule has 1 aromatic heterocycles. The number of carbonyl (C=O) groups is 3. The van der Waals surface area contributed by atoms with E-state index in [1.165, 1.54) is 6.33 Å². The van der Waals surface area contributed by atoms with Gasteiger partial charge in [-0.3, -0.25) is 14.4 Å². The molecular weight excluding hydrogens is 284 g/mol. The number of H-pyrrole nitrogens is 1. The lowest BCUT2D eigenvalue weighted by atomic mass is 10.2. The first-order chi connectivity index (χ1) is 9.73. The summed E-state index contributed by atoms with van der Waals surface area (Å²) >= 11 is 0. The van der Waals surface area contributed by atoms with E-state index in [0.29, 0.717) is 5.69 Å². The minimum Gasteiger partial charge on any atom is -0.481 e. The summed E-state index contributed by atoms with van der Waals surface area (Å²) in [6.07, 6.45) is 3.16. The molecule has 1 rings (SSSR count). The van der Waals surface area contributed by atoms with Crippen molar-refractivity contribution in [3.05, 3.63) is 18.2 Å². The molecule has 0 bridgehead atoms. The Morgan fingerprint density at radius 1 is 1.14 bits per heavy atom. The Bertz CT molecular complexity index is 461. The van der Waals surface area contributed by atoms with Crippen LogP contribution in [-0.4, -0.2) is 55.3 Å². The summed E-state index contributed by atoms with van der Waals surface area (Å²) in [6, 6.07) is -1.92. The van der Waals surface area contributed by atoms with E-state index in [2.05, 4.69) is 9.97 Å². The normalized spacial score (nSPS) is 12.7. The van der Waals surface area contributed by atoms with Crippen molar-refractivity contribution in [2.45, 2.75) is 31.3 Å². The van der Waals surface area contributed by atoms with E-state index in [9.17, 15) is 14.4 Å². The van der Waals surface area contributed by atoms with Crippen LogP contribution in [0.5, 0.6) is 0 Å². The van der Waals surface area contributed by atoms with Crippen molar-refractivity contribution in [1.82, 2.24) is 9.97 Å². The molecule has 0 saturated carbocycles. The molecule has 0 spiro atoms. The van der Waals surface area contributed by atoms with E-state index in [-0.39, 0.29) is 19.3 Å². The highest BCUT2D eigenvalue weighted by atomic mass is 16.4. The van der Waals surface area contributed by atoms with E-state index in [1.807, 2.05) is 0 Å². The van der Waals surface area contributed by atoms with Crippen molar-refractivity contribution in [3.63, 3.8) is 0 Å². The second-order valence-electron chi connectivity index (χ2n) is 4.09. The number of aliphatic carboxylic acids is 3. The van der Waals surface area contributed by atoms with E-state index >= 15 is 0 Å². The lowest BCUT2D eigenvalue weighted by Crippen LogP contribution is -2.32. The standard InChI is InChI=1S/C6H9N3O2.C5H9NO4/c7-5(6(10)11)1-4-2-8-3-9-4;6-3(5(9)10)1-2-4(7)8/h2-3,5H,1,7H2,(H,8,9)(H,10,11);3H,1-2,6H2,(H,7,8)(H,9,10)/t5-;/m0./s1. The largest absolute Gasteiger partial charge is 0.481 e. The molecule has 1 unspecified atom stereocenters. The fourth-order valence-corrected chi connectivity index (χ4v) is 1.12. The summed E-state index contributed by atoms with van der Waals surface area (Å²) in [6.45, 7) is 0. The van der Waals surface area contributed by atoms with Gasteiger partial charge in [0.15, 0.2) is 0 Å². The molecule has 0 aliphatic heterocycles. The highest BCUT2D eigenvalue weighted by molar-refractivity contribution is 5.74. The zero-order valence-corrected chi connectivity index (χ0v) is 11.1. The Labute approximate surface area is 119 Å². The van der Waals surface area contributed by atoms with Gasteiger partial charge < -0.3 is 31.8 Å². The molecule has 0 fully saturated rings. The van der Waals surface area contributed by atoms with Gasteiger partial charge in [0.25, 0.3) is 0 Å². The Balaban J connectivity index is 0.000000384. The number of carboxylic acid groups (broad SMARTS) is 3. The van der Waals surface area contributed by atoms with Crippen LogP contribution in [0.25, 0.3) is 0 Å². The smallest absolute Gasteiger partial charge is 0.320 e. The van der Waals surface area contributed by atoms with Crippen LogP contribution in [-0.2, 0) is 20.8 Å². The van der Waals surface area contributed by atoms with Crippen LogP contribution < -0.4 is 11.5 Å². The summed E-state index contributed by atoms with van der Waals surface area (Å²) in [5, 5.41) is 24.7. The number of carboxylic acids is 3. The molecule has 0 aromatic carbocycles. The van der Waals surface area contributed by atoms with E-state index in [4.69, 9.17) is 26.8 Å². The highest BCUT2D eigenvalue weighted by Gasteiger charge is 2.13. The van der Waals surface area contributed by atoms with Gasteiger partial charge in [-0.2, -0.15) is 0 Å².